The zero-order valence-corrected chi connectivity index (χ0v) is 15.2. The fourth-order valence-corrected chi connectivity index (χ4v) is 5.26. The molecular formula is C19H21N5OS. The third-order valence-electron chi connectivity index (χ3n) is 5.72. The number of nitrogens with zero attached hydrogens (tertiary/aromatic N) is 5. The first kappa shape index (κ1) is 16.0. The summed E-state index contributed by atoms with van der Waals surface area (Å²) < 4.78 is 2.06. The van der Waals surface area contributed by atoms with E-state index in [0.717, 1.165) is 41.6 Å². The zero-order chi connectivity index (χ0) is 17.5. The average molecular weight is 367 g/mol. The lowest BCUT2D eigenvalue weighted by Gasteiger charge is -2.35. The van der Waals surface area contributed by atoms with Gasteiger partial charge in [0.1, 0.15) is 5.01 Å². The Morgan fingerprint density at radius 2 is 1.85 bits per heavy atom. The third-order valence-corrected chi connectivity index (χ3v) is 6.76. The monoisotopic (exact) mass is 367 g/mol. The van der Waals surface area contributed by atoms with Gasteiger partial charge in [0.15, 0.2) is 0 Å². The molecular weight excluding hydrogens is 346 g/mol. The van der Waals surface area contributed by atoms with Crippen LogP contribution in [0.5, 0.6) is 0 Å². The van der Waals surface area contributed by atoms with Gasteiger partial charge in [-0.05, 0) is 24.7 Å². The zero-order valence-electron chi connectivity index (χ0n) is 14.3. The third kappa shape index (κ3) is 2.81. The Morgan fingerprint density at radius 3 is 2.62 bits per heavy atom. The Bertz CT molecular complexity index is 865. The number of aromatic nitrogens is 4. The highest BCUT2D eigenvalue weighted by atomic mass is 32.1. The molecule has 0 bridgehead atoms. The minimum Gasteiger partial charge on any atom is -0.391 e. The summed E-state index contributed by atoms with van der Waals surface area (Å²) in [4.78, 5) is 6.49. The minimum absolute atomic E-state index is 0.132. The number of aliphatic hydroxyl groups is 1. The van der Waals surface area contributed by atoms with Gasteiger partial charge in [0.25, 0.3) is 0 Å². The standard InChI is InChI=1S/C19H21N5OS/c25-17-9-15-11-24(10-14(15)8-16(17)23-7-6-20-12-23)19-22-21-18(26-19)13-4-2-1-3-5-13/h1-7,12,14-17,25H,8-11H2/t14-,15+,16-,17-/m1/s1. The van der Waals surface area contributed by atoms with E-state index in [1.165, 1.54) is 0 Å². The van der Waals surface area contributed by atoms with Gasteiger partial charge in [-0.3, -0.25) is 0 Å². The van der Waals surface area contributed by atoms with Crippen LogP contribution in [0.25, 0.3) is 10.6 Å². The van der Waals surface area contributed by atoms with Crippen LogP contribution in [0.15, 0.2) is 49.1 Å². The van der Waals surface area contributed by atoms with Crippen molar-refractivity contribution in [2.75, 3.05) is 18.0 Å². The van der Waals surface area contributed by atoms with E-state index in [9.17, 15) is 5.11 Å². The first-order valence-corrected chi connectivity index (χ1v) is 9.89. The van der Waals surface area contributed by atoms with Crippen molar-refractivity contribution in [3.05, 3.63) is 49.1 Å². The van der Waals surface area contributed by atoms with E-state index in [1.807, 2.05) is 30.7 Å². The second-order valence-corrected chi connectivity index (χ2v) is 8.25. The van der Waals surface area contributed by atoms with Gasteiger partial charge in [0.2, 0.25) is 5.13 Å². The van der Waals surface area contributed by atoms with E-state index in [-0.39, 0.29) is 12.1 Å². The highest BCUT2D eigenvalue weighted by Crippen LogP contribution is 2.43. The first-order chi connectivity index (χ1) is 12.8. The molecule has 3 aromatic rings. The van der Waals surface area contributed by atoms with Gasteiger partial charge in [0.05, 0.1) is 18.5 Å². The Morgan fingerprint density at radius 1 is 1.04 bits per heavy atom. The van der Waals surface area contributed by atoms with E-state index in [4.69, 9.17) is 0 Å². The fraction of sp³-hybridized carbons (Fsp3) is 0.421. The lowest BCUT2D eigenvalue weighted by atomic mass is 9.77. The molecule has 4 atom stereocenters. The molecule has 26 heavy (non-hydrogen) atoms. The van der Waals surface area contributed by atoms with Crippen LogP contribution in [-0.2, 0) is 0 Å². The summed E-state index contributed by atoms with van der Waals surface area (Å²) in [5.41, 5.74) is 1.11. The van der Waals surface area contributed by atoms with Crippen molar-refractivity contribution in [1.82, 2.24) is 19.7 Å². The van der Waals surface area contributed by atoms with Crippen LogP contribution in [-0.4, -0.2) is 44.0 Å². The van der Waals surface area contributed by atoms with Gasteiger partial charge in [-0.2, -0.15) is 0 Å². The molecule has 0 spiro atoms. The van der Waals surface area contributed by atoms with Crippen LogP contribution in [0.4, 0.5) is 5.13 Å². The predicted molar refractivity (Wildman–Crippen MR) is 101 cm³/mol. The first-order valence-electron chi connectivity index (χ1n) is 9.07. The smallest absolute Gasteiger partial charge is 0.208 e. The number of aliphatic hydroxyl groups excluding tert-OH is 1. The van der Waals surface area contributed by atoms with Gasteiger partial charge in [-0.25, -0.2) is 4.98 Å². The van der Waals surface area contributed by atoms with Crippen molar-refractivity contribution in [2.45, 2.75) is 25.0 Å². The number of fused-ring (bicyclic) bond motifs is 1. The number of benzene rings is 1. The van der Waals surface area contributed by atoms with E-state index < -0.39 is 0 Å². The molecule has 1 aromatic carbocycles. The largest absolute Gasteiger partial charge is 0.391 e. The summed E-state index contributed by atoms with van der Waals surface area (Å²) in [5.74, 6) is 1.10. The number of anilines is 1. The molecule has 2 aliphatic rings. The lowest BCUT2D eigenvalue weighted by Crippen LogP contribution is -2.35. The molecule has 2 fully saturated rings. The van der Waals surface area contributed by atoms with Crippen molar-refractivity contribution >= 4 is 16.5 Å². The molecule has 1 aliphatic carbocycles. The molecule has 134 valence electrons. The molecule has 1 saturated heterocycles. The molecule has 1 N–H and O–H groups in total. The van der Waals surface area contributed by atoms with Crippen molar-refractivity contribution < 1.29 is 5.11 Å². The van der Waals surface area contributed by atoms with E-state index in [0.29, 0.717) is 11.8 Å². The Balaban J connectivity index is 1.32. The van der Waals surface area contributed by atoms with Crippen molar-refractivity contribution in [1.29, 1.82) is 0 Å². The maximum absolute atomic E-state index is 10.6. The summed E-state index contributed by atoms with van der Waals surface area (Å²) in [6, 6.07) is 10.3. The molecule has 2 aromatic heterocycles. The SMILES string of the molecule is O[C@@H]1C[C@H]2CN(c3nnc(-c4ccccc4)s3)C[C@H]2C[C@H]1n1ccnc1. The number of rotatable bonds is 3. The Hall–Kier alpha value is -2.25. The minimum atomic E-state index is -0.306. The van der Waals surface area contributed by atoms with Crippen LogP contribution in [0, 0.1) is 11.8 Å². The molecule has 3 heterocycles. The maximum Gasteiger partial charge on any atom is 0.208 e. The normalized spacial score (nSPS) is 28.3. The molecule has 0 radical (unpaired) electrons. The molecule has 0 amide bonds. The predicted octanol–water partition coefficient (Wildman–Crippen LogP) is 2.85. The highest BCUT2D eigenvalue weighted by Gasteiger charge is 2.43. The summed E-state index contributed by atoms with van der Waals surface area (Å²) >= 11 is 1.65. The molecule has 1 saturated carbocycles. The van der Waals surface area contributed by atoms with Gasteiger partial charge in [-0.1, -0.05) is 41.7 Å². The van der Waals surface area contributed by atoms with Crippen molar-refractivity contribution in [3.63, 3.8) is 0 Å². The Labute approximate surface area is 156 Å². The van der Waals surface area contributed by atoms with E-state index in [1.54, 1.807) is 17.5 Å². The van der Waals surface area contributed by atoms with Gasteiger partial charge >= 0.3 is 0 Å². The molecule has 6 nitrogen and oxygen atoms in total. The van der Waals surface area contributed by atoms with Crippen LogP contribution in [0.2, 0.25) is 0 Å². The quantitative estimate of drug-likeness (QED) is 0.771. The fourth-order valence-electron chi connectivity index (χ4n) is 4.39. The van der Waals surface area contributed by atoms with Crippen LogP contribution < -0.4 is 4.90 Å². The highest BCUT2D eigenvalue weighted by molar-refractivity contribution is 7.18. The summed E-state index contributed by atoms with van der Waals surface area (Å²) in [6.45, 7) is 1.95. The Kier molecular flexibility index (Phi) is 3.98. The number of imidazole rings is 1. The lowest BCUT2D eigenvalue weighted by molar-refractivity contribution is 0.0358. The van der Waals surface area contributed by atoms with Gasteiger partial charge < -0.3 is 14.6 Å². The van der Waals surface area contributed by atoms with Crippen molar-refractivity contribution in [2.24, 2.45) is 11.8 Å². The van der Waals surface area contributed by atoms with Crippen LogP contribution >= 0.6 is 11.3 Å². The summed E-state index contributed by atoms with van der Waals surface area (Å²) in [6.07, 6.45) is 7.08. The second kappa shape index (κ2) is 6.48. The number of hydrogen-bond acceptors (Lipinski definition) is 6. The van der Waals surface area contributed by atoms with Gasteiger partial charge in [-0.15, -0.1) is 10.2 Å². The molecule has 7 heteroatoms. The molecule has 1 aliphatic heterocycles. The molecule has 0 unspecified atom stereocenters. The topological polar surface area (TPSA) is 67.1 Å². The van der Waals surface area contributed by atoms with Crippen molar-refractivity contribution in [3.8, 4) is 10.6 Å². The maximum atomic E-state index is 10.6. The molecule has 5 rings (SSSR count). The van der Waals surface area contributed by atoms with Gasteiger partial charge in [0, 0.05) is 31.0 Å². The van der Waals surface area contributed by atoms with E-state index in [2.05, 4.69) is 36.8 Å². The summed E-state index contributed by atoms with van der Waals surface area (Å²) in [5, 5.41) is 21.4. The van der Waals surface area contributed by atoms with Crippen LogP contribution in [0.3, 0.4) is 0 Å². The average Bonchev–Trinajstić information content (AvgIpc) is 3.41. The van der Waals surface area contributed by atoms with Crippen LogP contribution in [0.1, 0.15) is 18.9 Å². The van der Waals surface area contributed by atoms with E-state index >= 15 is 0 Å². The number of hydrogen-bond donors (Lipinski definition) is 1. The summed E-state index contributed by atoms with van der Waals surface area (Å²) in [7, 11) is 0. The second-order valence-electron chi connectivity index (χ2n) is 7.30.